The van der Waals surface area contributed by atoms with Crippen LogP contribution in [0.4, 0.5) is 0 Å². The van der Waals surface area contributed by atoms with Crippen molar-refractivity contribution in [3.63, 3.8) is 0 Å². The van der Waals surface area contributed by atoms with Crippen molar-refractivity contribution in [1.29, 1.82) is 0 Å². The molecule has 1 aliphatic heterocycles. The lowest BCUT2D eigenvalue weighted by Crippen LogP contribution is -2.44. The summed E-state index contributed by atoms with van der Waals surface area (Å²) in [5, 5.41) is 1.34. The van der Waals surface area contributed by atoms with Gasteiger partial charge in [0, 0.05) is 5.56 Å². The fraction of sp³-hybridized carbons (Fsp3) is 0.0556. The Morgan fingerprint density at radius 1 is 1.23 bits per heavy atom. The Bertz CT molecular complexity index is 930. The van der Waals surface area contributed by atoms with Crippen molar-refractivity contribution >= 4 is 57.8 Å². The van der Waals surface area contributed by atoms with Gasteiger partial charge in [-0.1, -0.05) is 53.7 Å². The summed E-state index contributed by atoms with van der Waals surface area (Å²) in [7, 11) is 1.56. The first-order chi connectivity index (χ1) is 12.5. The van der Waals surface area contributed by atoms with Crippen LogP contribution in [0.25, 0.3) is 6.08 Å². The van der Waals surface area contributed by atoms with E-state index in [4.69, 9.17) is 28.6 Å². The zero-order chi connectivity index (χ0) is 18.7. The third kappa shape index (κ3) is 3.75. The van der Waals surface area contributed by atoms with E-state index < -0.39 is 11.8 Å². The van der Waals surface area contributed by atoms with Crippen LogP contribution in [0.1, 0.15) is 15.9 Å². The van der Waals surface area contributed by atoms with Crippen molar-refractivity contribution in [1.82, 2.24) is 10.4 Å². The summed E-state index contributed by atoms with van der Waals surface area (Å²) in [5.41, 5.74) is 3.51. The van der Waals surface area contributed by atoms with Crippen LogP contribution in [-0.4, -0.2) is 28.3 Å². The van der Waals surface area contributed by atoms with Crippen molar-refractivity contribution in [2.24, 2.45) is 0 Å². The second kappa shape index (κ2) is 7.90. The van der Waals surface area contributed by atoms with Gasteiger partial charge in [-0.3, -0.25) is 15.0 Å². The number of carbonyl (C=O) groups is 2. The monoisotopic (exact) mass is 404 g/mol. The maximum Gasteiger partial charge on any atom is 0.285 e. The maximum absolute atomic E-state index is 12.6. The Balaban J connectivity index is 1.82. The number of hydrogen-bond acceptors (Lipinski definition) is 5. The molecule has 5 nitrogen and oxygen atoms in total. The number of carbonyl (C=O) groups excluding carboxylic acids is 2. The molecule has 3 rings (SSSR count). The van der Waals surface area contributed by atoms with Crippen molar-refractivity contribution in [3.05, 3.63) is 69.6 Å². The highest BCUT2D eigenvalue weighted by Crippen LogP contribution is 2.33. The van der Waals surface area contributed by atoms with Crippen LogP contribution in [0, 0.1) is 0 Å². The van der Waals surface area contributed by atoms with E-state index in [1.54, 1.807) is 43.5 Å². The summed E-state index contributed by atoms with van der Waals surface area (Å²) in [6, 6.07) is 13.9. The summed E-state index contributed by atoms with van der Waals surface area (Å²) < 4.78 is 5.52. The molecule has 26 heavy (non-hydrogen) atoms. The fourth-order valence-electron chi connectivity index (χ4n) is 2.30. The van der Waals surface area contributed by atoms with Crippen LogP contribution in [0.5, 0.6) is 5.75 Å². The summed E-state index contributed by atoms with van der Waals surface area (Å²) >= 11 is 12.3. The predicted octanol–water partition coefficient (Wildman–Crippen LogP) is 3.89. The average Bonchev–Trinajstić information content (AvgIpc) is 2.90. The lowest BCUT2D eigenvalue weighted by molar-refractivity contribution is -0.123. The summed E-state index contributed by atoms with van der Waals surface area (Å²) in [4.78, 5) is 25.4. The standard InChI is InChI=1S/C18H13ClN2O3S2/c1-24-14-9-5-2-6-11(14)10-15-17(23)21(18(25)26-15)20-16(22)12-7-3-4-8-13(12)19/h2-10H,1H3,(H,20,22)/b15-10+. The van der Waals surface area contributed by atoms with Gasteiger partial charge in [-0.05, 0) is 36.5 Å². The molecule has 1 aliphatic rings. The number of hydrogen-bond donors (Lipinski definition) is 1. The molecule has 0 bridgehead atoms. The second-order valence-corrected chi connectivity index (χ2v) is 7.26. The molecule has 0 atom stereocenters. The number of nitrogens with zero attached hydrogens (tertiary/aromatic N) is 1. The molecule has 8 heteroatoms. The Morgan fingerprint density at radius 2 is 1.92 bits per heavy atom. The van der Waals surface area contributed by atoms with E-state index in [-0.39, 0.29) is 9.88 Å². The molecular weight excluding hydrogens is 392 g/mol. The van der Waals surface area contributed by atoms with E-state index in [2.05, 4.69) is 5.43 Å². The van der Waals surface area contributed by atoms with E-state index >= 15 is 0 Å². The number of thioether (sulfide) groups is 1. The Hall–Kier alpha value is -2.35. The summed E-state index contributed by atoms with van der Waals surface area (Å²) in [6.45, 7) is 0. The van der Waals surface area contributed by atoms with Crippen molar-refractivity contribution in [2.75, 3.05) is 7.11 Å². The Labute approximate surface area is 164 Å². The molecule has 2 aromatic carbocycles. The van der Waals surface area contributed by atoms with Crippen molar-refractivity contribution in [2.45, 2.75) is 0 Å². The molecule has 0 aliphatic carbocycles. The second-order valence-electron chi connectivity index (χ2n) is 5.18. The van der Waals surface area contributed by atoms with Crippen LogP contribution in [0.15, 0.2) is 53.4 Å². The van der Waals surface area contributed by atoms with Gasteiger partial charge in [-0.15, -0.1) is 0 Å². The number of nitrogens with one attached hydrogen (secondary N) is 1. The molecule has 2 aromatic rings. The summed E-state index contributed by atoms with van der Waals surface area (Å²) in [6.07, 6.45) is 1.68. The number of thiocarbonyl (C=S) groups is 1. The minimum absolute atomic E-state index is 0.233. The van der Waals surface area contributed by atoms with Gasteiger partial charge >= 0.3 is 0 Å². The smallest absolute Gasteiger partial charge is 0.285 e. The molecule has 0 spiro atoms. The zero-order valence-electron chi connectivity index (χ0n) is 13.6. The van der Waals surface area contributed by atoms with E-state index in [0.717, 1.165) is 22.3 Å². The lowest BCUT2D eigenvalue weighted by atomic mass is 10.2. The van der Waals surface area contributed by atoms with Gasteiger partial charge in [-0.25, -0.2) is 0 Å². The van der Waals surface area contributed by atoms with Crippen molar-refractivity contribution in [3.8, 4) is 5.75 Å². The van der Waals surface area contributed by atoms with Crippen LogP contribution in [0.2, 0.25) is 5.02 Å². The van der Waals surface area contributed by atoms with Gasteiger partial charge in [0.15, 0.2) is 4.32 Å². The zero-order valence-corrected chi connectivity index (χ0v) is 16.0. The van der Waals surface area contributed by atoms with Gasteiger partial charge in [0.05, 0.1) is 22.6 Å². The fourth-order valence-corrected chi connectivity index (χ4v) is 3.69. The first-order valence-corrected chi connectivity index (χ1v) is 9.08. The highest BCUT2D eigenvalue weighted by atomic mass is 35.5. The van der Waals surface area contributed by atoms with Crippen LogP contribution in [-0.2, 0) is 4.79 Å². The van der Waals surface area contributed by atoms with E-state index in [1.165, 1.54) is 0 Å². The predicted molar refractivity (Wildman–Crippen MR) is 107 cm³/mol. The number of para-hydroxylation sites is 1. The largest absolute Gasteiger partial charge is 0.496 e. The number of methoxy groups -OCH3 is 1. The molecule has 1 saturated heterocycles. The minimum atomic E-state index is -0.509. The molecule has 1 fully saturated rings. The van der Waals surface area contributed by atoms with Crippen LogP contribution >= 0.6 is 35.6 Å². The van der Waals surface area contributed by atoms with E-state index in [1.807, 2.05) is 18.2 Å². The van der Waals surface area contributed by atoms with E-state index in [0.29, 0.717) is 15.7 Å². The summed E-state index contributed by atoms with van der Waals surface area (Å²) in [5.74, 6) is -0.283. The van der Waals surface area contributed by atoms with Gasteiger partial charge < -0.3 is 4.74 Å². The van der Waals surface area contributed by atoms with Gasteiger partial charge in [-0.2, -0.15) is 5.01 Å². The van der Waals surface area contributed by atoms with Gasteiger partial charge in [0.25, 0.3) is 11.8 Å². The number of ether oxygens (including phenoxy) is 1. The highest BCUT2D eigenvalue weighted by Gasteiger charge is 2.34. The van der Waals surface area contributed by atoms with Crippen LogP contribution in [0.3, 0.4) is 0 Å². The quantitative estimate of drug-likeness (QED) is 0.618. The minimum Gasteiger partial charge on any atom is -0.496 e. The maximum atomic E-state index is 12.6. The molecule has 0 aromatic heterocycles. The molecule has 132 valence electrons. The Morgan fingerprint density at radius 3 is 2.65 bits per heavy atom. The topological polar surface area (TPSA) is 58.6 Å². The third-order valence-corrected chi connectivity index (χ3v) is 5.18. The number of amides is 2. The first-order valence-electron chi connectivity index (χ1n) is 7.47. The molecule has 1 heterocycles. The Kier molecular flexibility index (Phi) is 5.61. The lowest BCUT2D eigenvalue weighted by Gasteiger charge is -2.16. The normalized spacial score (nSPS) is 15.5. The average molecular weight is 405 g/mol. The molecular formula is C18H13ClN2O3S2. The van der Waals surface area contributed by atoms with Crippen molar-refractivity contribution < 1.29 is 14.3 Å². The van der Waals surface area contributed by atoms with E-state index in [9.17, 15) is 9.59 Å². The molecule has 0 radical (unpaired) electrons. The first kappa shape index (κ1) is 18.4. The number of rotatable bonds is 4. The van der Waals surface area contributed by atoms with Gasteiger partial charge in [0.2, 0.25) is 0 Å². The molecule has 0 saturated carbocycles. The number of halogens is 1. The van der Waals surface area contributed by atoms with Gasteiger partial charge in [0.1, 0.15) is 5.75 Å². The van der Waals surface area contributed by atoms with Crippen LogP contribution < -0.4 is 10.2 Å². The SMILES string of the molecule is COc1ccccc1/C=C1/SC(=S)N(NC(=O)c2ccccc2Cl)C1=O. The molecule has 1 N–H and O–H groups in total. The number of hydrazine groups is 1. The third-order valence-electron chi connectivity index (χ3n) is 3.55. The molecule has 0 unspecified atom stereocenters. The number of benzene rings is 2. The highest BCUT2D eigenvalue weighted by molar-refractivity contribution is 8.26. The molecule has 2 amide bonds.